The Morgan fingerprint density at radius 2 is 1.89 bits per heavy atom. The van der Waals surface area contributed by atoms with Crippen molar-refractivity contribution in [3.05, 3.63) is 64.9 Å². The molecule has 2 heterocycles. The first-order valence-corrected chi connectivity index (χ1v) is 11.7. The van der Waals surface area contributed by atoms with Crippen LogP contribution in [0.2, 0.25) is 5.02 Å². The SMILES string of the molecule is O=C(Cc1ccc(Cl)cc1)N=C1SC2CS(=O)(=O)CC2N1c1ccccc1F. The highest BCUT2D eigenvalue weighted by atomic mass is 35.5. The van der Waals surface area contributed by atoms with Gasteiger partial charge in [0.25, 0.3) is 5.91 Å². The van der Waals surface area contributed by atoms with Gasteiger partial charge in [0.05, 0.1) is 29.7 Å². The van der Waals surface area contributed by atoms with Gasteiger partial charge in [0.2, 0.25) is 0 Å². The molecule has 0 bridgehead atoms. The van der Waals surface area contributed by atoms with E-state index in [0.29, 0.717) is 10.2 Å². The Morgan fingerprint density at radius 3 is 2.61 bits per heavy atom. The van der Waals surface area contributed by atoms with E-state index in [1.165, 1.54) is 17.8 Å². The van der Waals surface area contributed by atoms with Crippen molar-refractivity contribution in [2.45, 2.75) is 17.7 Å². The van der Waals surface area contributed by atoms with Gasteiger partial charge in [-0.15, -0.1) is 0 Å². The van der Waals surface area contributed by atoms with E-state index < -0.39 is 21.7 Å². The summed E-state index contributed by atoms with van der Waals surface area (Å²) < 4.78 is 38.5. The van der Waals surface area contributed by atoms with Crippen LogP contribution in [0.4, 0.5) is 10.1 Å². The smallest absolute Gasteiger partial charge is 0.252 e. The number of aliphatic imine (C=N–C) groups is 1. The molecule has 5 nitrogen and oxygen atoms in total. The largest absolute Gasteiger partial charge is 0.313 e. The maximum atomic E-state index is 14.4. The molecule has 2 aromatic carbocycles. The van der Waals surface area contributed by atoms with Gasteiger partial charge in [-0.05, 0) is 29.8 Å². The number of para-hydroxylation sites is 1. The Morgan fingerprint density at radius 1 is 1.18 bits per heavy atom. The number of fused-ring (bicyclic) bond motifs is 1. The van der Waals surface area contributed by atoms with E-state index in [0.717, 1.165) is 5.56 Å². The molecule has 28 heavy (non-hydrogen) atoms. The van der Waals surface area contributed by atoms with Crippen molar-refractivity contribution in [2.24, 2.45) is 4.99 Å². The molecule has 0 radical (unpaired) electrons. The number of sulfone groups is 1. The van der Waals surface area contributed by atoms with E-state index in [1.807, 2.05) is 0 Å². The zero-order valence-corrected chi connectivity index (χ0v) is 17.0. The lowest BCUT2D eigenvalue weighted by molar-refractivity contribution is -0.117. The molecule has 0 aromatic heterocycles. The number of halogens is 2. The molecule has 1 amide bonds. The number of thioether (sulfide) groups is 1. The van der Waals surface area contributed by atoms with Crippen LogP contribution in [0.3, 0.4) is 0 Å². The lowest BCUT2D eigenvalue weighted by atomic mass is 10.1. The number of hydrogen-bond acceptors (Lipinski definition) is 4. The Balaban J connectivity index is 1.65. The first-order chi connectivity index (χ1) is 13.3. The monoisotopic (exact) mass is 438 g/mol. The minimum Gasteiger partial charge on any atom is -0.313 e. The summed E-state index contributed by atoms with van der Waals surface area (Å²) in [6.45, 7) is 0. The molecule has 2 aromatic rings. The van der Waals surface area contributed by atoms with E-state index in [2.05, 4.69) is 4.99 Å². The van der Waals surface area contributed by atoms with Crippen LogP contribution in [-0.2, 0) is 21.1 Å². The lowest BCUT2D eigenvalue weighted by Crippen LogP contribution is -2.38. The second-order valence-corrected chi connectivity index (χ2v) is 10.5. The highest BCUT2D eigenvalue weighted by Crippen LogP contribution is 2.41. The molecule has 9 heteroatoms. The number of hydrogen-bond donors (Lipinski definition) is 0. The number of nitrogens with zero attached hydrogens (tertiary/aromatic N) is 2. The van der Waals surface area contributed by atoms with Gasteiger partial charge in [0, 0.05) is 10.3 Å². The highest BCUT2D eigenvalue weighted by Gasteiger charge is 2.49. The third-order valence-electron chi connectivity index (χ3n) is 4.67. The highest BCUT2D eigenvalue weighted by molar-refractivity contribution is 8.16. The number of carbonyl (C=O) groups excluding carboxylic acids is 1. The van der Waals surface area contributed by atoms with Crippen molar-refractivity contribution in [3.63, 3.8) is 0 Å². The fraction of sp³-hybridized carbons (Fsp3) is 0.263. The summed E-state index contributed by atoms with van der Waals surface area (Å²) in [7, 11) is -3.20. The number of amidine groups is 1. The molecule has 2 unspecified atom stereocenters. The minimum absolute atomic E-state index is 0.00230. The predicted molar refractivity (Wildman–Crippen MR) is 110 cm³/mol. The average molecular weight is 439 g/mol. The average Bonchev–Trinajstić information content (AvgIpc) is 3.08. The zero-order valence-electron chi connectivity index (χ0n) is 14.6. The second kappa shape index (κ2) is 7.50. The van der Waals surface area contributed by atoms with Crippen LogP contribution < -0.4 is 4.90 Å². The van der Waals surface area contributed by atoms with Crippen LogP contribution in [0.5, 0.6) is 0 Å². The van der Waals surface area contributed by atoms with E-state index in [-0.39, 0.29) is 34.8 Å². The van der Waals surface area contributed by atoms with Crippen LogP contribution in [0.1, 0.15) is 5.56 Å². The summed E-state index contributed by atoms with van der Waals surface area (Å²) in [6.07, 6.45) is 0.0833. The second-order valence-electron chi connectivity index (χ2n) is 6.71. The van der Waals surface area contributed by atoms with Gasteiger partial charge in [-0.25, -0.2) is 12.8 Å². The molecule has 0 N–H and O–H groups in total. The summed E-state index contributed by atoms with van der Waals surface area (Å²) in [5, 5.41) is 0.647. The summed E-state index contributed by atoms with van der Waals surface area (Å²) in [4.78, 5) is 18.2. The van der Waals surface area contributed by atoms with Gasteiger partial charge >= 0.3 is 0 Å². The van der Waals surface area contributed by atoms with Gasteiger partial charge < -0.3 is 4.90 Å². The molecule has 4 rings (SSSR count). The van der Waals surface area contributed by atoms with E-state index in [4.69, 9.17) is 11.6 Å². The first kappa shape index (κ1) is 19.4. The summed E-state index contributed by atoms with van der Waals surface area (Å²) in [5.41, 5.74) is 1.000. The number of benzene rings is 2. The van der Waals surface area contributed by atoms with Crippen molar-refractivity contribution < 1.29 is 17.6 Å². The lowest BCUT2D eigenvalue weighted by Gasteiger charge is -2.24. The van der Waals surface area contributed by atoms with Crippen molar-refractivity contribution in [1.82, 2.24) is 0 Å². The van der Waals surface area contributed by atoms with Crippen molar-refractivity contribution in [3.8, 4) is 0 Å². The van der Waals surface area contributed by atoms with Crippen LogP contribution in [0.15, 0.2) is 53.5 Å². The van der Waals surface area contributed by atoms with Crippen LogP contribution in [0, 0.1) is 5.82 Å². The van der Waals surface area contributed by atoms with Gasteiger partial charge in [0.1, 0.15) is 5.82 Å². The minimum atomic E-state index is -3.20. The third kappa shape index (κ3) is 3.94. The fourth-order valence-electron chi connectivity index (χ4n) is 3.42. The molecule has 2 fully saturated rings. The predicted octanol–water partition coefficient (Wildman–Crippen LogP) is 3.32. The van der Waals surface area contributed by atoms with Gasteiger partial charge in [-0.1, -0.05) is 47.6 Å². The Bertz CT molecular complexity index is 1060. The number of carbonyl (C=O) groups is 1. The van der Waals surface area contributed by atoms with Crippen molar-refractivity contribution in [1.29, 1.82) is 0 Å². The number of rotatable bonds is 3. The zero-order chi connectivity index (χ0) is 19.9. The molecular formula is C19H16ClFN2O3S2. The van der Waals surface area contributed by atoms with Crippen LogP contribution in [-0.4, -0.2) is 42.3 Å². The number of amides is 1. The van der Waals surface area contributed by atoms with Crippen LogP contribution >= 0.6 is 23.4 Å². The Kier molecular flexibility index (Phi) is 5.20. The van der Waals surface area contributed by atoms with Gasteiger partial charge in [-0.3, -0.25) is 4.79 Å². The molecule has 2 saturated heterocycles. The summed E-state index contributed by atoms with van der Waals surface area (Å²) in [5.74, 6) is -0.943. The molecule has 0 aliphatic carbocycles. The van der Waals surface area contributed by atoms with Gasteiger partial charge in [-0.2, -0.15) is 4.99 Å². The van der Waals surface area contributed by atoms with E-state index >= 15 is 0 Å². The third-order valence-corrected chi connectivity index (χ3v) is 8.13. The Labute approximate surface area is 171 Å². The van der Waals surface area contributed by atoms with E-state index in [1.54, 1.807) is 47.4 Å². The molecule has 2 aliphatic rings. The Hall–Kier alpha value is -1.90. The molecule has 0 saturated carbocycles. The maximum absolute atomic E-state index is 14.4. The first-order valence-electron chi connectivity index (χ1n) is 8.59. The quantitative estimate of drug-likeness (QED) is 0.735. The maximum Gasteiger partial charge on any atom is 0.252 e. The van der Waals surface area contributed by atoms with Crippen LogP contribution in [0.25, 0.3) is 0 Å². The summed E-state index contributed by atoms with van der Waals surface area (Å²) in [6, 6.07) is 12.6. The topological polar surface area (TPSA) is 66.8 Å². The van der Waals surface area contributed by atoms with Crippen molar-refractivity contribution >= 4 is 50.0 Å². The van der Waals surface area contributed by atoms with E-state index in [9.17, 15) is 17.6 Å². The molecular weight excluding hydrogens is 423 g/mol. The normalized spacial score (nSPS) is 24.5. The molecule has 0 spiro atoms. The van der Waals surface area contributed by atoms with Gasteiger partial charge in [0.15, 0.2) is 15.0 Å². The summed E-state index contributed by atoms with van der Waals surface area (Å²) >= 11 is 7.08. The fourth-order valence-corrected chi connectivity index (χ4v) is 7.47. The molecule has 146 valence electrons. The molecule has 2 atom stereocenters. The molecule has 2 aliphatic heterocycles. The van der Waals surface area contributed by atoms with Crippen molar-refractivity contribution in [2.75, 3.05) is 16.4 Å². The standard InChI is InChI=1S/C19H16ClFN2O3S2/c20-13-7-5-12(6-8-13)9-18(24)22-19-23(15-4-2-1-3-14(15)21)16-10-28(25,26)11-17(16)27-19/h1-8,16-17H,9-11H2. The number of anilines is 1.